The summed E-state index contributed by atoms with van der Waals surface area (Å²) in [6, 6.07) is 8.96. The van der Waals surface area contributed by atoms with E-state index in [0.29, 0.717) is 5.56 Å². The fourth-order valence-electron chi connectivity index (χ4n) is 1.60. The molecule has 0 bridgehead atoms. The van der Waals surface area contributed by atoms with E-state index in [4.69, 9.17) is 5.11 Å². The van der Waals surface area contributed by atoms with Gasteiger partial charge in [0, 0.05) is 29.3 Å². The van der Waals surface area contributed by atoms with Crippen LogP contribution < -0.4 is 5.43 Å². The second-order valence-corrected chi connectivity index (χ2v) is 4.25. The number of carbonyl (C=O) groups excluding carboxylic acids is 1. The zero-order chi connectivity index (χ0) is 16.1. The molecule has 2 rings (SSSR count). The lowest BCUT2D eigenvalue weighted by molar-refractivity contribution is -0.384. The summed E-state index contributed by atoms with van der Waals surface area (Å²) in [5.41, 5.74) is 2.62. The third-order valence-corrected chi connectivity index (χ3v) is 2.72. The largest absolute Gasteiger partial charge is 0.508 e. The molecule has 0 aliphatic heterocycles. The van der Waals surface area contributed by atoms with Crippen molar-refractivity contribution in [2.75, 3.05) is 0 Å². The van der Waals surface area contributed by atoms with E-state index in [-0.39, 0.29) is 22.7 Å². The number of phenols is 2. The van der Waals surface area contributed by atoms with Crippen LogP contribution in [0.2, 0.25) is 0 Å². The molecule has 0 atom stereocenters. The van der Waals surface area contributed by atoms with Crippen LogP contribution >= 0.6 is 0 Å². The van der Waals surface area contributed by atoms with Crippen LogP contribution in [0.15, 0.2) is 47.6 Å². The number of non-ortho nitro benzene ring substituents is 1. The van der Waals surface area contributed by atoms with Crippen molar-refractivity contribution in [1.82, 2.24) is 5.43 Å². The Bertz CT molecular complexity index is 741. The summed E-state index contributed by atoms with van der Waals surface area (Å²) in [7, 11) is 0. The molecule has 8 nitrogen and oxygen atoms in total. The molecular formula is C14H11N3O5. The van der Waals surface area contributed by atoms with Crippen LogP contribution in [0.5, 0.6) is 11.5 Å². The lowest BCUT2D eigenvalue weighted by Crippen LogP contribution is -2.17. The van der Waals surface area contributed by atoms with Crippen molar-refractivity contribution in [1.29, 1.82) is 0 Å². The molecule has 0 heterocycles. The summed E-state index contributed by atoms with van der Waals surface area (Å²) < 4.78 is 0. The smallest absolute Gasteiger partial charge is 0.271 e. The molecule has 0 spiro atoms. The summed E-state index contributed by atoms with van der Waals surface area (Å²) in [4.78, 5) is 21.7. The van der Waals surface area contributed by atoms with Gasteiger partial charge in [-0.05, 0) is 24.3 Å². The average Bonchev–Trinajstić information content (AvgIpc) is 2.49. The van der Waals surface area contributed by atoms with Gasteiger partial charge in [0.15, 0.2) is 0 Å². The number of benzene rings is 2. The molecule has 0 saturated carbocycles. The molecule has 0 aliphatic carbocycles. The number of hydrogen-bond donors (Lipinski definition) is 3. The van der Waals surface area contributed by atoms with Crippen LogP contribution in [0, 0.1) is 10.1 Å². The summed E-state index contributed by atoms with van der Waals surface area (Å²) in [5.74, 6) is -0.831. The molecule has 0 radical (unpaired) electrons. The van der Waals surface area contributed by atoms with E-state index in [9.17, 15) is 20.0 Å². The Balaban J connectivity index is 2.02. The van der Waals surface area contributed by atoms with Gasteiger partial charge in [0.25, 0.3) is 11.6 Å². The van der Waals surface area contributed by atoms with Crippen molar-refractivity contribution in [3.63, 3.8) is 0 Å². The molecule has 0 fully saturated rings. The molecule has 0 saturated heterocycles. The van der Waals surface area contributed by atoms with Gasteiger partial charge < -0.3 is 10.2 Å². The van der Waals surface area contributed by atoms with Gasteiger partial charge in [-0.2, -0.15) is 5.10 Å². The topological polar surface area (TPSA) is 125 Å². The van der Waals surface area contributed by atoms with E-state index in [0.717, 1.165) is 6.07 Å². The van der Waals surface area contributed by atoms with E-state index < -0.39 is 10.8 Å². The molecule has 8 heteroatoms. The predicted molar refractivity (Wildman–Crippen MR) is 77.9 cm³/mol. The Hall–Kier alpha value is -3.42. The lowest BCUT2D eigenvalue weighted by Gasteiger charge is -2.01. The summed E-state index contributed by atoms with van der Waals surface area (Å²) in [6.07, 6.45) is 1.21. The third-order valence-electron chi connectivity index (χ3n) is 2.72. The van der Waals surface area contributed by atoms with Crippen molar-refractivity contribution < 1.29 is 19.9 Å². The first-order valence-electron chi connectivity index (χ1n) is 6.07. The molecule has 22 heavy (non-hydrogen) atoms. The van der Waals surface area contributed by atoms with Crippen molar-refractivity contribution in [3.05, 3.63) is 63.7 Å². The maximum atomic E-state index is 11.8. The minimum Gasteiger partial charge on any atom is -0.508 e. The van der Waals surface area contributed by atoms with Gasteiger partial charge in [0.2, 0.25) is 0 Å². The minimum atomic E-state index is -0.562. The monoisotopic (exact) mass is 301 g/mol. The summed E-state index contributed by atoms with van der Waals surface area (Å²) in [5, 5.41) is 32.8. The number of hydrogen-bond acceptors (Lipinski definition) is 6. The number of nitrogens with zero attached hydrogens (tertiary/aromatic N) is 2. The molecule has 2 aromatic rings. The highest BCUT2D eigenvalue weighted by molar-refractivity contribution is 5.95. The number of phenolic OH excluding ortho intramolecular Hbond substituents is 2. The highest BCUT2D eigenvalue weighted by Gasteiger charge is 2.08. The zero-order valence-corrected chi connectivity index (χ0v) is 11.1. The van der Waals surface area contributed by atoms with E-state index in [1.807, 2.05) is 0 Å². The SMILES string of the molecule is O=C(N/N=C/c1ccc(O)cc1O)c1ccc([N+](=O)[O-])cc1. The Kier molecular flexibility index (Phi) is 4.33. The van der Waals surface area contributed by atoms with E-state index >= 15 is 0 Å². The van der Waals surface area contributed by atoms with Crippen molar-refractivity contribution in [3.8, 4) is 11.5 Å². The Morgan fingerprint density at radius 2 is 1.86 bits per heavy atom. The van der Waals surface area contributed by atoms with Gasteiger partial charge in [-0.25, -0.2) is 5.43 Å². The minimum absolute atomic E-state index is 0.0930. The maximum absolute atomic E-state index is 11.8. The summed E-state index contributed by atoms with van der Waals surface area (Å²) >= 11 is 0. The molecule has 2 aromatic carbocycles. The Labute approximate surface area is 124 Å². The molecule has 1 amide bonds. The fourth-order valence-corrected chi connectivity index (χ4v) is 1.60. The van der Waals surface area contributed by atoms with Gasteiger partial charge in [0.05, 0.1) is 11.1 Å². The number of nitro benzene ring substituents is 1. The normalized spacial score (nSPS) is 10.5. The number of nitro groups is 1. The predicted octanol–water partition coefficient (Wildman–Crippen LogP) is 1.77. The second kappa shape index (κ2) is 6.35. The Morgan fingerprint density at radius 1 is 1.18 bits per heavy atom. The maximum Gasteiger partial charge on any atom is 0.271 e. The second-order valence-electron chi connectivity index (χ2n) is 4.25. The molecule has 0 aliphatic rings. The first-order chi connectivity index (χ1) is 10.5. The van der Waals surface area contributed by atoms with E-state index in [1.54, 1.807) is 0 Å². The molecule has 0 aromatic heterocycles. The number of aromatic hydroxyl groups is 2. The van der Waals surface area contributed by atoms with Crippen molar-refractivity contribution in [2.24, 2.45) is 5.10 Å². The third kappa shape index (κ3) is 3.57. The van der Waals surface area contributed by atoms with Crippen LogP contribution in [0.1, 0.15) is 15.9 Å². The molecule has 112 valence electrons. The average molecular weight is 301 g/mol. The fraction of sp³-hybridized carbons (Fsp3) is 0. The van der Waals surface area contributed by atoms with E-state index in [2.05, 4.69) is 10.5 Å². The van der Waals surface area contributed by atoms with Crippen molar-refractivity contribution in [2.45, 2.75) is 0 Å². The van der Waals surface area contributed by atoms with Crippen LogP contribution in [0.4, 0.5) is 5.69 Å². The number of hydrazone groups is 1. The van der Waals surface area contributed by atoms with Gasteiger partial charge in [0.1, 0.15) is 11.5 Å². The zero-order valence-electron chi connectivity index (χ0n) is 11.1. The van der Waals surface area contributed by atoms with Crippen LogP contribution in [-0.4, -0.2) is 27.3 Å². The quantitative estimate of drug-likeness (QED) is 0.451. The molecule has 0 unspecified atom stereocenters. The van der Waals surface area contributed by atoms with Crippen LogP contribution in [0.25, 0.3) is 0 Å². The highest BCUT2D eigenvalue weighted by atomic mass is 16.6. The standard InChI is InChI=1S/C14H11N3O5/c18-12-6-3-10(13(19)7-12)8-15-16-14(20)9-1-4-11(5-2-9)17(21)22/h1-8,18-19H,(H,16,20)/b15-8+. The summed E-state index contributed by atoms with van der Waals surface area (Å²) in [6.45, 7) is 0. The van der Waals surface area contributed by atoms with Gasteiger partial charge in [-0.1, -0.05) is 0 Å². The molecular weight excluding hydrogens is 290 g/mol. The van der Waals surface area contributed by atoms with Crippen molar-refractivity contribution >= 4 is 17.8 Å². The highest BCUT2D eigenvalue weighted by Crippen LogP contribution is 2.20. The Morgan fingerprint density at radius 3 is 2.45 bits per heavy atom. The lowest BCUT2D eigenvalue weighted by atomic mass is 10.2. The number of amides is 1. The first kappa shape index (κ1) is 15.0. The van der Waals surface area contributed by atoms with E-state index in [1.165, 1.54) is 42.6 Å². The van der Waals surface area contributed by atoms with Gasteiger partial charge >= 0.3 is 0 Å². The van der Waals surface area contributed by atoms with Crippen LogP contribution in [0.3, 0.4) is 0 Å². The first-order valence-corrected chi connectivity index (χ1v) is 6.07. The number of carbonyl (C=O) groups is 1. The van der Waals surface area contributed by atoms with Gasteiger partial charge in [-0.3, -0.25) is 14.9 Å². The number of rotatable bonds is 4. The molecule has 3 N–H and O–H groups in total. The van der Waals surface area contributed by atoms with Crippen LogP contribution in [-0.2, 0) is 0 Å². The van der Waals surface area contributed by atoms with Gasteiger partial charge in [-0.15, -0.1) is 0 Å². The number of nitrogens with one attached hydrogen (secondary N) is 1.